The van der Waals surface area contributed by atoms with E-state index in [4.69, 9.17) is 0 Å². The number of hydrogen-bond acceptors (Lipinski definition) is 1. The SMILES string of the molecule is FO[B-](F)F. The monoisotopic (exact) mass is 84.0 g/mol. The van der Waals surface area contributed by atoms with Gasteiger partial charge in [-0.2, -0.15) is 0 Å². The first-order valence-corrected chi connectivity index (χ1v) is 0.826. The van der Waals surface area contributed by atoms with Gasteiger partial charge in [-0.05, 0) is 0 Å². The highest BCUT2D eigenvalue weighted by molar-refractivity contribution is 6.33. The Bertz CT molecular complexity index is 20.9. The summed E-state index contributed by atoms with van der Waals surface area (Å²) in [7, 11) is -3.28. The average Bonchev–Trinajstić information content (AvgIpc) is 1.38. The zero-order chi connectivity index (χ0) is 4.28. The second kappa shape index (κ2) is 2.08. The lowest BCUT2D eigenvalue weighted by Crippen LogP contribution is -1.93. The fourth-order valence-electron chi connectivity index (χ4n) is 0. The lowest BCUT2D eigenvalue weighted by molar-refractivity contribution is -0.0360. The van der Waals surface area contributed by atoms with E-state index in [1.54, 1.807) is 0 Å². The first-order valence-electron chi connectivity index (χ1n) is 0.826. The van der Waals surface area contributed by atoms with Gasteiger partial charge in [0.25, 0.3) is 0 Å². The molecular weight excluding hydrogens is 83.8 g/mol. The third-order valence-electron chi connectivity index (χ3n) is 0.0673. The van der Waals surface area contributed by atoms with Crippen molar-refractivity contribution in [3.8, 4) is 0 Å². The molecule has 0 saturated carbocycles. The molecule has 0 rings (SSSR count). The Balaban J connectivity index is 2.54. The van der Waals surface area contributed by atoms with E-state index in [2.05, 4.69) is 0 Å². The average molecular weight is 83.8 g/mol. The van der Waals surface area contributed by atoms with E-state index in [0.717, 1.165) is 0 Å². The highest BCUT2D eigenvalue weighted by atomic mass is 19.3. The molecule has 0 aliphatic rings. The summed E-state index contributed by atoms with van der Waals surface area (Å²) in [4.78, 5) is 1.92. The predicted octanol–water partition coefficient (Wildman–Crippen LogP) is 0.811. The van der Waals surface area contributed by atoms with Crippen LogP contribution in [0.5, 0.6) is 0 Å². The Morgan fingerprint density at radius 3 is 1.60 bits per heavy atom. The van der Waals surface area contributed by atoms with Crippen molar-refractivity contribution < 1.29 is 18.0 Å². The number of hydrogen-bond donors (Lipinski definition) is 0. The van der Waals surface area contributed by atoms with Crippen LogP contribution in [0.1, 0.15) is 0 Å². The molecule has 0 spiro atoms. The lowest BCUT2D eigenvalue weighted by atomic mass is 10.4. The molecule has 0 unspecified atom stereocenters. The van der Waals surface area contributed by atoms with E-state index >= 15 is 0 Å². The van der Waals surface area contributed by atoms with Crippen LogP contribution in [0.2, 0.25) is 0 Å². The smallest absolute Gasteiger partial charge is 0.411 e. The van der Waals surface area contributed by atoms with E-state index in [1.807, 2.05) is 4.86 Å². The minimum Gasteiger partial charge on any atom is -0.473 e. The molecule has 0 amide bonds. The molecule has 0 aliphatic heterocycles. The first-order chi connectivity index (χ1) is 2.27. The Morgan fingerprint density at radius 1 is 1.40 bits per heavy atom. The number of rotatable bonds is 1. The van der Waals surface area contributed by atoms with Crippen LogP contribution >= 0.6 is 0 Å². The standard InChI is InChI=1S/BF3O/c2-1(3)5-4/q-1. The van der Waals surface area contributed by atoms with Crippen molar-refractivity contribution in [1.29, 1.82) is 0 Å². The summed E-state index contributed by atoms with van der Waals surface area (Å²) < 4.78 is 30.2. The fraction of sp³-hybridized carbons (Fsp3) is 0. The van der Waals surface area contributed by atoms with Crippen LogP contribution in [0, 0.1) is 0 Å². The van der Waals surface area contributed by atoms with Crippen molar-refractivity contribution in [1.82, 2.24) is 0 Å². The summed E-state index contributed by atoms with van der Waals surface area (Å²) >= 11 is 0. The van der Waals surface area contributed by atoms with Gasteiger partial charge in [-0.15, -0.1) is 0 Å². The Hall–Kier alpha value is -0.185. The lowest BCUT2D eigenvalue weighted by Gasteiger charge is -1.93. The van der Waals surface area contributed by atoms with Crippen molar-refractivity contribution in [2.75, 3.05) is 0 Å². The minimum atomic E-state index is -3.28. The second-order valence-corrected chi connectivity index (χ2v) is 0.350. The molecule has 0 bridgehead atoms. The molecule has 0 aromatic heterocycles. The Kier molecular flexibility index (Phi) is 2.00. The van der Waals surface area contributed by atoms with Crippen LogP contribution < -0.4 is 0 Å². The van der Waals surface area contributed by atoms with Gasteiger partial charge in [-0.1, -0.05) is 4.53 Å². The summed E-state index contributed by atoms with van der Waals surface area (Å²) in [6.45, 7) is 0. The van der Waals surface area contributed by atoms with Crippen molar-refractivity contribution >= 4 is 7.47 Å². The van der Waals surface area contributed by atoms with Crippen LogP contribution in [0.25, 0.3) is 0 Å². The Labute approximate surface area is 26.8 Å². The van der Waals surface area contributed by atoms with Gasteiger partial charge in [0, 0.05) is 0 Å². The van der Waals surface area contributed by atoms with Crippen LogP contribution in [0.15, 0.2) is 0 Å². The highest BCUT2D eigenvalue weighted by Gasteiger charge is 1.86. The van der Waals surface area contributed by atoms with Gasteiger partial charge in [0.15, 0.2) is 0 Å². The van der Waals surface area contributed by atoms with Crippen LogP contribution in [-0.2, 0) is 4.86 Å². The van der Waals surface area contributed by atoms with Crippen molar-refractivity contribution in [3.05, 3.63) is 0 Å². The van der Waals surface area contributed by atoms with E-state index in [-0.39, 0.29) is 0 Å². The minimum absolute atomic E-state index is 1.92. The van der Waals surface area contributed by atoms with E-state index in [9.17, 15) is 13.2 Å². The van der Waals surface area contributed by atoms with Crippen LogP contribution in [0.3, 0.4) is 0 Å². The fourth-order valence-corrected chi connectivity index (χ4v) is 0. The normalized spacial score (nSPS) is 9.60. The van der Waals surface area contributed by atoms with E-state index in [1.165, 1.54) is 0 Å². The van der Waals surface area contributed by atoms with Crippen molar-refractivity contribution in [2.24, 2.45) is 0 Å². The third-order valence-corrected chi connectivity index (χ3v) is 0.0673. The molecule has 0 atom stereocenters. The van der Waals surface area contributed by atoms with Crippen LogP contribution in [-0.4, -0.2) is 7.47 Å². The maximum absolute atomic E-state index is 10.2. The van der Waals surface area contributed by atoms with E-state index in [0.29, 0.717) is 0 Å². The van der Waals surface area contributed by atoms with Gasteiger partial charge in [-0.25, -0.2) is 0 Å². The van der Waals surface area contributed by atoms with E-state index < -0.39 is 7.47 Å². The molecule has 5 heteroatoms. The predicted molar refractivity (Wildman–Crippen MR) is 10.2 cm³/mol. The third kappa shape index (κ3) is 3.81. The molecule has 0 heterocycles. The van der Waals surface area contributed by atoms with Crippen molar-refractivity contribution in [3.63, 3.8) is 0 Å². The molecular formula is BF3O-. The van der Waals surface area contributed by atoms with Gasteiger partial charge < -0.3 is 13.5 Å². The second-order valence-electron chi connectivity index (χ2n) is 0.350. The zero-order valence-electron chi connectivity index (χ0n) is 2.12. The molecule has 31 valence electrons. The summed E-state index contributed by atoms with van der Waals surface area (Å²) in [6.07, 6.45) is 0. The maximum Gasteiger partial charge on any atom is 0.411 e. The van der Waals surface area contributed by atoms with Gasteiger partial charge in [0.05, 0.1) is 0 Å². The van der Waals surface area contributed by atoms with Gasteiger partial charge >= 0.3 is 7.47 Å². The van der Waals surface area contributed by atoms with Crippen LogP contribution in [0.4, 0.5) is 13.2 Å². The molecule has 0 N–H and O–H groups in total. The molecule has 5 heavy (non-hydrogen) atoms. The highest BCUT2D eigenvalue weighted by Crippen LogP contribution is 1.85. The molecule has 0 aliphatic carbocycles. The largest absolute Gasteiger partial charge is 0.473 e. The molecule has 0 fully saturated rings. The quantitative estimate of drug-likeness (QED) is 0.427. The summed E-state index contributed by atoms with van der Waals surface area (Å²) in [5.41, 5.74) is 0. The first kappa shape index (κ1) is 4.81. The Morgan fingerprint density at radius 2 is 1.60 bits per heavy atom. The molecule has 1 nitrogen and oxygen atoms in total. The molecule has 0 aromatic rings. The van der Waals surface area contributed by atoms with Gasteiger partial charge in [0.1, 0.15) is 0 Å². The van der Waals surface area contributed by atoms with Gasteiger partial charge in [0.2, 0.25) is 0 Å². The summed E-state index contributed by atoms with van der Waals surface area (Å²) in [6, 6.07) is 0. The molecule has 1 radical (unpaired) electrons. The molecule has 0 saturated heterocycles. The maximum atomic E-state index is 10.2. The summed E-state index contributed by atoms with van der Waals surface area (Å²) in [5, 5.41) is 0. The zero-order valence-corrected chi connectivity index (χ0v) is 2.12. The van der Waals surface area contributed by atoms with Crippen molar-refractivity contribution in [2.45, 2.75) is 0 Å². The molecule has 0 aromatic carbocycles. The topological polar surface area (TPSA) is 9.23 Å². The van der Waals surface area contributed by atoms with Gasteiger partial charge in [-0.3, -0.25) is 0 Å². The summed E-state index contributed by atoms with van der Waals surface area (Å²) in [5.74, 6) is 0. The number of halogens is 3.